The molecular formula is C14H15N3O2. The predicted molar refractivity (Wildman–Crippen MR) is 73.2 cm³/mol. The molecular weight excluding hydrogens is 242 g/mol. The van der Waals surface area contributed by atoms with Crippen molar-refractivity contribution in [1.29, 1.82) is 0 Å². The van der Waals surface area contributed by atoms with Gasteiger partial charge in [0.15, 0.2) is 11.6 Å². The second-order valence-corrected chi connectivity index (χ2v) is 3.79. The number of furan rings is 1. The topological polar surface area (TPSA) is 73.6 Å². The standard InChI is InChI=1S/C14H15N3O2/c1-18-10-11-5-7-16-14(9-11)17-12(4-6-15)13-3-2-8-19-13/h2-9H,10,15H2,1H3/b6-4-,17-12?. The van der Waals surface area contributed by atoms with Crippen molar-refractivity contribution in [1.82, 2.24) is 4.98 Å². The fourth-order valence-electron chi connectivity index (χ4n) is 1.59. The van der Waals surface area contributed by atoms with E-state index in [-0.39, 0.29) is 0 Å². The smallest absolute Gasteiger partial charge is 0.152 e. The van der Waals surface area contributed by atoms with Crippen LogP contribution in [0.25, 0.3) is 0 Å². The lowest BCUT2D eigenvalue weighted by Gasteiger charge is -2.01. The van der Waals surface area contributed by atoms with Crippen LogP contribution in [0.2, 0.25) is 0 Å². The van der Waals surface area contributed by atoms with Crippen LogP contribution in [0.3, 0.4) is 0 Å². The highest BCUT2D eigenvalue weighted by Gasteiger charge is 2.04. The summed E-state index contributed by atoms with van der Waals surface area (Å²) in [7, 11) is 1.65. The predicted octanol–water partition coefficient (Wildman–Crippen LogP) is 2.41. The Morgan fingerprint density at radius 1 is 1.53 bits per heavy atom. The molecule has 2 aromatic heterocycles. The average Bonchev–Trinajstić information content (AvgIpc) is 2.93. The highest BCUT2D eigenvalue weighted by Crippen LogP contribution is 2.14. The second-order valence-electron chi connectivity index (χ2n) is 3.79. The van der Waals surface area contributed by atoms with Crippen molar-refractivity contribution in [3.63, 3.8) is 0 Å². The second kappa shape index (κ2) is 6.51. The van der Waals surface area contributed by atoms with E-state index in [0.717, 1.165) is 5.56 Å². The molecule has 5 nitrogen and oxygen atoms in total. The first-order valence-corrected chi connectivity index (χ1v) is 5.78. The third-order valence-corrected chi connectivity index (χ3v) is 2.38. The number of methoxy groups -OCH3 is 1. The van der Waals surface area contributed by atoms with Gasteiger partial charge < -0.3 is 14.9 Å². The Balaban J connectivity index is 2.33. The van der Waals surface area contributed by atoms with Gasteiger partial charge >= 0.3 is 0 Å². The summed E-state index contributed by atoms with van der Waals surface area (Å²) < 4.78 is 10.4. The van der Waals surface area contributed by atoms with E-state index in [2.05, 4.69) is 9.98 Å². The first kappa shape index (κ1) is 13.0. The molecule has 0 spiro atoms. The van der Waals surface area contributed by atoms with E-state index in [1.54, 1.807) is 31.7 Å². The molecule has 0 radical (unpaired) electrons. The fourth-order valence-corrected chi connectivity index (χ4v) is 1.59. The Hall–Kier alpha value is -2.40. The van der Waals surface area contributed by atoms with Gasteiger partial charge in [0.25, 0.3) is 0 Å². The van der Waals surface area contributed by atoms with Crippen LogP contribution in [0, 0.1) is 0 Å². The first-order chi connectivity index (χ1) is 9.33. The molecule has 2 heterocycles. The lowest BCUT2D eigenvalue weighted by molar-refractivity contribution is 0.185. The minimum Gasteiger partial charge on any atom is -0.463 e. The summed E-state index contributed by atoms with van der Waals surface area (Å²) in [6.45, 7) is 0.522. The van der Waals surface area contributed by atoms with Gasteiger partial charge in [0.05, 0.1) is 12.9 Å². The van der Waals surface area contributed by atoms with Gasteiger partial charge in [0.2, 0.25) is 0 Å². The summed E-state index contributed by atoms with van der Waals surface area (Å²) in [6.07, 6.45) is 6.37. The van der Waals surface area contributed by atoms with Crippen molar-refractivity contribution >= 4 is 11.5 Å². The van der Waals surface area contributed by atoms with E-state index >= 15 is 0 Å². The molecule has 0 saturated carbocycles. The minimum atomic E-state index is 0.522. The molecule has 0 atom stereocenters. The SMILES string of the molecule is COCc1ccnc(N=C(/C=C\N)c2ccco2)c1. The summed E-state index contributed by atoms with van der Waals surface area (Å²) in [5.41, 5.74) is 7.05. The Labute approximate surface area is 111 Å². The van der Waals surface area contributed by atoms with Crippen molar-refractivity contribution in [2.75, 3.05) is 7.11 Å². The molecule has 0 fully saturated rings. The third-order valence-electron chi connectivity index (χ3n) is 2.38. The summed E-state index contributed by atoms with van der Waals surface area (Å²) in [5, 5.41) is 0. The fraction of sp³-hybridized carbons (Fsp3) is 0.143. The Morgan fingerprint density at radius 2 is 2.42 bits per heavy atom. The molecule has 2 rings (SSSR count). The Bertz CT molecular complexity index is 574. The Kier molecular flexibility index (Phi) is 4.47. The van der Waals surface area contributed by atoms with Crippen LogP contribution in [0.4, 0.5) is 5.82 Å². The highest BCUT2D eigenvalue weighted by atomic mass is 16.5. The van der Waals surface area contributed by atoms with Gasteiger partial charge in [0.1, 0.15) is 5.71 Å². The number of hydrogen-bond acceptors (Lipinski definition) is 5. The van der Waals surface area contributed by atoms with Crippen LogP contribution in [-0.4, -0.2) is 17.8 Å². The van der Waals surface area contributed by atoms with Crippen LogP contribution in [0.5, 0.6) is 0 Å². The minimum absolute atomic E-state index is 0.522. The van der Waals surface area contributed by atoms with Crippen molar-refractivity contribution in [3.05, 3.63) is 60.3 Å². The largest absolute Gasteiger partial charge is 0.463 e. The van der Waals surface area contributed by atoms with Crippen LogP contribution in [0.1, 0.15) is 11.3 Å². The number of aromatic nitrogens is 1. The van der Waals surface area contributed by atoms with E-state index in [1.807, 2.05) is 18.2 Å². The number of hydrogen-bond donors (Lipinski definition) is 1. The number of rotatable bonds is 5. The number of allylic oxidation sites excluding steroid dienone is 1. The van der Waals surface area contributed by atoms with Crippen molar-refractivity contribution in [2.24, 2.45) is 10.7 Å². The molecule has 0 saturated heterocycles. The van der Waals surface area contributed by atoms with Gasteiger partial charge in [-0.15, -0.1) is 0 Å². The maximum atomic E-state index is 5.42. The molecule has 0 unspecified atom stereocenters. The van der Waals surface area contributed by atoms with E-state index in [0.29, 0.717) is 23.9 Å². The van der Waals surface area contributed by atoms with Crippen LogP contribution in [-0.2, 0) is 11.3 Å². The summed E-state index contributed by atoms with van der Waals surface area (Å²) in [6, 6.07) is 7.35. The maximum Gasteiger partial charge on any atom is 0.152 e. The summed E-state index contributed by atoms with van der Waals surface area (Å²) >= 11 is 0. The number of aliphatic imine (C=N–C) groups is 1. The van der Waals surface area contributed by atoms with E-state index < -0.39 is 0 Å². The van der Waals surface area contributed by atoms with Crippen molar-refractivity contribution < 1.29 is 9.15 Å². The normalized spacial score (nSPS) is 12.2. The van der Waals surface area contributed by atoms with Gasteiger partial charge in [-0.2, -0.15) is 0 Å². The van der Waals surface area contributed by atoms with E-state index in [4.69, 9.17) is 14.9 Å². The van der Waals surface area contributed by atoms with Gasteiger partial charge in [-0.3, -0.25) is 0 Å². The highest BCUT2D eigenvalue weighted by molar-refractivity contribution is 6.07. The quantitative estimate of drug-likeness (QED) is 0.835. The molecule has 0 aliphatic heterocycles. The van der Waals surface area contributed by atoms with Crippen LogP contribution >= 0.6 is 0 Å². The maximum absolute atomic E-state index is 5.42. The van der Waals surface area contributed by atoms with Crippen LogP contribution < -0.4 is 5.73 Å². The molecule has 5 heteroatoms. The molecule has 19 heavy (non-hydrogen) atoms. The zero-order chi connectivity index (χ0) is 13.5. The van der Waals surface area contributed by atoms with Gasteiger partial charge in [0, 0.05) is 13.3 Å². The van der Waals surface area contributed by atoms with E-state index in [9.17, 15) is 0 Å². The molecule has 0 aliphatic rings. The number of pyridine rings is 1. The van der Waals surface area contributed by atoms with Gasteiger partial charge in [-0.25, -0.2) is 9.98 Å². The van der Waals surface area contributed by atoms with Gasteiger partial charge in [-0.1, -0.05) is 0 Å². The van der Waals surface area contributed by atoms with Gasteiger partial charge in [-0.05, 0) is 42.1 Å². The number of ether oxygens (including phenoxy) is 1. The third kappa shape index (κ3) is 3.53. The molecule has 0 bridgehead atoms. The lowest BCUT2D eigenvalue weighted by atomic mass is 10.2. The lowest BCUT2D eigenvalue weighted by Crippen LogP contribution is -1.96. The average molecular weight is 257 g/mol. The van der Waals surface area contributed by atoms with Crippen molar-refractivity contribution in [2.45, 2.75) is 6.61 Å². The molecule has 0 aliphatic carbocycles. The Morgan fingerprint density at radius 3 is 3.11 bits per heavy atom. The number of nitrogens with zero attached hydrogens (tertiary/aromatic N) is 2. The molecule has 0 aromatic carbocycles. The summed E-state index contributed by atoms with van der Waals surface area (Å²) in [4.78, 5) is 8.62. The summed E-state index contributed by atoms with van der Waals surface area (Å²) in [5.74, 6) is 1.22. The van der Waals surface area contributed by atoms with Crippen molar-refractivity contribution in [3.8, 4) is 0 Å². The molecule has 2 aromatic rings. The monoisotopic (exact) mass is 257 g/mol. The molecule has 98 valence electrons. The zero-order valence-corrected chi connectivity index (χ0v) is 10.6. The zero-order valence-electron chi connectivity index (χ0n) is 10.6. The number of nitrogens with two attached hydrogens (primary N) is 1. The molecule has 0 amide bonds. The molecule has 2 N–H and O–H groups in total. The van der Waals surface area contributed by atoms with E-state index in [1.165, 1.54) is 6.20 Å². The van der Waals surface area contributed by atoms with Crippen LogP contribution in [0.15, 0.2) is 58.4 Å². The first-order valence-electron chi connectivity index (χ1n) is 5.78.